The number of aromatic nitrogens is 2. The van der Waals surface area contributed by atoms with Gasteiger partial charge in [0.1, 0.15) is 11.9 Å². The van der Waals surface area contributed by atoms with Gasteiger partial charge in [-0.25, -0.2) is 11.0 Å². The van der Waals surface area contributed by atoms with E-state index in [0.29, 0.717) is 43.7 Å². The Bertz CT molecular complexity index is 1660. The van der Waals surface area contributed by atoms with Crippen molar-refractivity contribution in [3.05, 3.63) is 76.5 Å². The summed E-state index contributed by atoms with van der Waals surface area (Å²) in [6, 6.07) is 12.1. The average molecular weight is 632 g/mol. The first-order chi connectivity index (χ1) is 21.6. The highest BCUT2D eigenvalue weighted by molar-refractivity contribution is 6.36. The first kappa shape index (κ1) is 31.1. The monoisotopic (exact) mass is 631 g/mol. The second-order valence-electron chi connectivity index (χ2n) is 12.9. The number of carbonyl (C=O) groups is 1. The molecule has 0 bridgehead atoms. The summed E-state index contributed by atoms with van der Waals surface area (Å²) in [6.07, 6.45) is 2.89. The van der Waals surface area contributed by atoms with Crippen molar-refractivity contribution in [2.24, 2.45) is 5.41 Å². The first-order valence-corrected chi connectivity index (χ1v) is 15.8. The van der Waals surface area contributed by atoms with Crippen LogP contribution in [0, 0.1) is 12.0 Å². The maximum Gasteiger partial charge on any atom is 0.318 e. The number of amides is 1. The lowest BCUT2D eigenvalue weighted by Crippen LogP contribution is -2.57. The van der Waals surface area contributed by atoms with Gasteiger partial charge in [0.2, 0.25) is 6.54 Å². The minimum absolute atomic E-state index is 0.0607. The molecular formula is C34H39ClFN7O2. The van der Waals surface area contributed by atoms with Crippen LogP contribution in [0.1, 0.15) is 31.0 Å². The quantitative estimate of drug-likeness (QED) is 0.232. The van der Waals surface area contributed by atoms with E-state index in [1.54, 1.807) is 0 Å². The molecule has 11 heteroatoms. The van der Waals surface area contributed by atoms with Gasteiger partial charge in [-0.05, 0) is 57.8 Å². The highest BCUT2D eigenvalue weighted by Gasteiger charge is 2.44. The van der Waals surface area contributed by atoms with Gasteiger partial charge in [0.05, 0.1) is 23.9 Å². The fourth-order valence-electron chi connectivity index (χ4n) is 6.87. The summed E-state index contributed by atoms with van der Waals surface area (Å²) in [5.41, 5.74) is 3.07. The molecule has 1 amide bonds. The molecule has 45 heavy (non-hydrogen) atoms. The van der Waals surface area contributed by atoms with E-state index in [4.69, 9.17) is 32.9 Å². The molecule has 0 N–H and O–H groups in total. The van der Waals surface area contributed by atoms with Crippen molar-refractivity contribution in [2.45, 2.75) is 44.8 Å². The zero-order valence-corrected chi connectivity index (χ0v) is 26.9. The van der Waals surface area contributed by atoms with Crippen molar-refractivity contribution in [3.63, 3.8) is 0 Å². The summed E-state index contributed by atoms with van der Waals surface area (Å²) in [5, 5.41) is 2.80. The summed E-state index contributed by atoms with van der Waals surface area (Å²) in [6.45, 7) is 16.0. The molecule has 1 saturated heterocycles. The molecule has 2 fully saturated rings. The maximum absolute atomic E-state index is 13.9. The van der Waals surface area contributed by atoms with Crippen molar-refractivity contribution >= 4 is 39.8 Å². The zero-order valence-electron chi connectivity index (χ0n) is 26.1. The van der Waals surface area contributed by atoms with Crippen LogP contribution in [0.2, 0.25) is 5.02 Å². The van der Waals surface area contributed by atoms with Gasteiger partial charge >= 0.3 is 6.01 Å². The van der Waals surface area contributed by atoms with E-state index in [-0.39, 0.29) is 24.5 Å². The predicted octanol–water partition coefficient (Wildman–Crippen LogP) is 5.37. The Kier molecular flexibility index (Phi) is 8.59. The fraction of sp³-hybridized carbons (Fsp3) is 0.471. The SMILES string of the molecule is [C-]#[N+]C[C@H]1CN(c2nc(OCC3(CN(C)C)CC3)nc3c2CC(C)N(c2cccc4cccc(Cl)c24)C3)CCN1C(=O)C(=C)F. The van der Waals surface area contributed by atoms with E-state index >= 15 is 0 Å². The third kappa shape index (κ3) is 6.29. The Hall–Kier alpha value is -3.94. The highest BCUT2D eigenvalue weighted by Crippen LogP contribution is 2.46. The van der Waals surface area contributed by atoms with Gasteiger partial charge in [0.25, 0.3) is 5.91 Å². The molecule has 0 spiro atoms. The molecule has 0 radical (unpaired) electrons. The number of piperazine rings is 1. The molecule has 1 saturated carbocycles. The van der Waals surface area contributed by atoms with Gasteiger partial charge in [-0.15, -0.1) is 0 Å². The van der Waals surface area contributed by atoms with Crippen LogP contribution in [-0.4, -0.2) is 91.2 Å². The van der Waals surface area contributed by atoms with Crippen LogP contribution in [0.25, 0.3) is 15.6 Å². The van der Waals surface area contributed by atoms with E-state index in [1.165, 1.54) is 4.90 Å². The number of hydrogen-bond donors (Lipinski definition) is 0. The van der Waals surface area contributed by atoms with Gasteiger partial charge in [-0.3, -0.25) is 4.79 Å². The van der Waals surface area contributed by atoms with Gasteiger partial charge in [-0.1, -0.05) is 42.4 Å². The third-order valence-electron chi connectivity index (χ3n) is 9.24. The molecule has 3 aromatic rings. The first-order valence-electron chi connectivity index (χ1n) is 15.4. The fourth-order valence-corrected chi connectivity index (χ4v) is 7.15. The second kappa shape index (κ2) is 12.5. The molecule has 2 aliphatic heterocycles. The van der Waals surface area contributed by atoms with E-state index in [9.17, 15) is 9.18 Å². The molecule has 1 unspecified atom stereocenters. The second-order valence-corrected chi connectivity index (χ2v) is 13.3. The van der Waals surface area contributed by atoms with E-state index in [2.05, 4.69) is 71.4 Å². The molecule has 236 valence electrons. The molecule has 9 nitrogen and oxygen atoms in total. The number of ether oxygens (including phenoxy) is 1. The summed E-state index contributed by atoms with van der Waals surface area (Å²) >= 11 is 6.74. The maximum atomic E-state index is 13.9. The van der Waals surface area contributed by atoms with Crippen molar-refractivity contribution in [3.8, 4) is 6.01 Å². The van der Waals surface area contributed by atoms with Crippen LogP contribution in [0.5, 0.6) is 6.01 Å². The summed E-state index contributed by atoms with van der Waals surface area (Å²) in [4.78, 5) is 34.2. The largest absolute Gasteiger partial charge is 0.463 e. The Balaban J connectivity index is 1.37. The lowest BCUT2D eigenvalue weighted by Gasteiger charge is -2.42. The van der Waals surface area contributed by atoms with E-state index < -0.39 is 17.8 Å². The van der Waals surface area contributed by atoms with Crippen LogP contribution >= 0.6 is 11.6 Å². The van der Waals surface area contributed by atoms with E-state index in [1.807, 2.05) is 12.1 Å². The number of hydrogen-bond acceptors (Lipinski definition) is 7. The van der Waals surface area contributed by atoms with Gasteiger partial charge in [0, 0.05) is 54.3 Å². The van der Waals surface area contributed by atoms with Crippen LogP contribution in [0.3, 0.4) is 0 Å². The zero-order chi connectivity index (χ0) is 31.9. The van der Waals surface area contributed by atoms with Crippen LogP contribution in [0.4, 0.5) is 15.9 Å². The van der Waals surface area contributed by atoms with Gasteiger partial charge in [0.15, 0.2) is 5.83 Å². The third-order valence-corrected chi connectivity index (χ3v) is 9.55. The molecule has 1 aromatic heterocycles. The van der Waals surface area contributed by atoms with Crippen molar-refractivity contribution in [1.82, 2.24) is 19.8 Å². The standard InChI is InChI=1S/C34H39ClFN7O2/c1-22-16-26-28(19-43(22)29-11-7-9-24-8-6-10-27(35)30(24)29)38-33(45-21-34(12-13-34)20-40(4)5)39-31(26)41-14-15-42(32(44)23(2)36)25(18-41)17-37-3/h6-11,22,25H,2,12-21H2,1,4-5H3/t22?,25-/m0/s1. The minimum Gasteiger partial charge on any atom is -0.463 e. The number of nitrogens with zero attached hydrogens (tertiary/aromatic N) is 7. The van der Waals surface area contributed by atoms with Crippen molar-refractivity contribution in [1.29, 1.82) is 0 Å². The highest BCUT2D eigenvalue weighted by atomic mass is 35.5. The predicted molar refractivity (Wildman–Crippen MR) is 175 cm³/mol. The molecule has 2 atom stereocenters. The molecule has 1 aliphatic carbocycles. The minimum atomic E-state index is -1.01. The summed E-state index contributed by atoms with van der Waals surface area (Å²) < 4.78 is 20.2. The summed E-state index contributed by atoms with van der Waals surface area (Å²) in [7, 11) is 4.15. The molecule has 3 heterocycles. The van der Waals surface area contributed by atoms with Crippen molar-refractivity contribution in [2.75, 3.05) is 63.2 Å². The lowest BCUT2D eigenvalue weighted by molar-refractivity contribution is -0.131. The Labute approximate surface area is 269 Å². The smallest absolute Gasteiger partial charge is 0.318 e. The number of carbonyl (C=O) groups excluding carboxylic acids is 1. The van der Waals surface area contributed by atoms with Gasteiger partial charge in [-0.2, -0.15) is 9.97 Å². The Morgan fingerprint density at radius 3 is 2.67 bits per heavy atom. The topological polar surface area (TPSA) is 69.4 Å². The lowest BCUT2D eigenvalue weighted by atomic mass is 9.96. The Morgan fingerprint density at radius 2 is 1.98 bits per heavy atom. The number of rotatable bonds is 9. The number of anilines is 2. The average Bonchev–Trinajstić information content (AvgIpc) is 3.77. The van der Waals surface area contributed by atoms with Crippen LogP contribution in [-0.2, 0) is 17.8 Å². The van der Waals surface area contributed by atoms with Gasteiger partial charge < -0.3 is 29.2 Å². The molecule has 6 rings (SSSR count). The molecule has 2 aromatic carbocycles. The van der Waals surface area contributed by atoms with Crippen LogP contribution < -0.4 is 14.5 Å². The van der Waals surface area contributed by atoms with Crippen molar-refractivity contribution < 1.29 is 13.9 Å². The Morgan fingerprint density at radius 1 is 1.22 bits per heavy atom. The normalized spacial score (nSPS) is 20.6. The summed E-state index contributed by atoms with van der Waals surface area (Å²) in [5.74, 6) is -1.01. The van der Waals surface area contributed by atoms with E-state index in [0.717, 1.165) is 52.9 Å². The number of fused-ring (bicyclic) bond motifs is 2. The van der Waals surface area contributed by atoms with Crippen LogP contribution in [0.15, 0.2) is 48.8 Å². The molecular weight excluding hydrogens is 593 g/mol. The number of benzene rings is 2. The number of halogens is 2. The molecule has 3 aliphatic rings.